The third kappa shape index (κ3) is 3.08. The maximum Gasteiger partial charge on any atom is 0.298 e. The summed E-state index contributed by atoms with van der Waals surface area (Å²) >= 11 is 1.15. The standard InChI is InChI=1S/C13H16FN3OS/c1-13(2,3)11-16-12(19-17-11)18-10-6-4-5-9(14)8(10)7-15/h4-6H,7,15H2,1-3H3. The van der Waals surface area contributed by atoms with Crippen LogP contribution in [-0.4, -0.2) is 9.36 Å². The number of hydrogen-bond acceptors (Lipinski definition) is 5. The Morgan fingerprint density at radius 2 is 2.11 bits per heavy atom. The average Bonchev–Trinajstić information content (AvgIpc) is 2.77. The molecular weight excluding hydrogens is 265 g/mol. The number of halogens is 1. The Kier molecular flexibility index (Phi) is 3.82. The third-order valence-electron chi connectivity index (χ3n) is 2.56. The molecule has 6 heteroatoms. The van der Waals surface area contributed by atoms with Gasteiger partial charge in [0.25, 0.3) is 5.19 Å². The van der Waals surface area contributed by atoms with Crippen molar-refractivity contribution in [3.63, 3.8) is 0 Å². The number of rotatable bonds is 3. The fourth-order valence-electron chi connectivity index (χ4n) is 1.48. The van der Waals surface area contributed by atoms with Crippen molar-refractivity contribution in [1.82, 2.24) is 9.36 Å². The summed E-state index contributed by atoms with van der Waals surface area (Å²) in [6, 6.07) is 4.61. The van der Waals surface area contributed by atoms with E-state index in [4.69, 9.17) is 10.5 Å². The van der Waals surface area contributed by atoms with Gasteiger partial charge in [-0.3, -0.25) is 0 Å². The molecule has 19 heavy (non-hydrogen) atoms. The molecule has 2 N–H and O–H groups in total. The van der Waals surface area contributed by atoms with Crippen LogP contribution in [0.25, 0.3) is 0 Å². The Bertz CT molecular complexity index is 578. The van der Waals surface area contributed by atoms with E-state index in [1.165, 1.54) is 6.07 Å². The topological polar surface area (TPSA) is 61.0 Å². The molecule has 0 unspecified atom stereocenters. The van der Waals surface area contributed by atoms with Crippen LogP contribution in [0.2, 0.25) is 0 Å². The molecule has 0 amide bonds. The van der Waals surface area contributed by atoms with E-state index in [2.05, 4.69) is 9.36 Å². The fraction of sp³-hybridized carbons (Fsp3) is 0.385. The molecule has 1 aromatic carbocycles. The SMILES string of the molecule is CC(C)(C)c1nsc(Oc2cccc(F)c2CN)n1. The summed E-state index contributed by atoms with van der Waals surface area (Å²) < 4.78 is 23.4. The first kappa shape index (κ1) is 13.9. The Labute approximate surface area is 115 Å². The van der Waals surface area contributed by atoms with E-state index in [-0.39, 0.29) is 17.8 Å². The van der Waals surface area contributed by atoms with Crippen LogP contribution in [0.4, 0.5) is 4.39 Å². The molecule has 4 nitrogen and oxygen atoms in total. The summed E-state index contributed by atoms with van der Waals surface area (Å²) in [5.41, 5.74) is 5.73. The van der Waals surface area contributed by atoms with E-state index in [0.29, 0.717) is 22.3 Å². The Hall–Kier alpha value is -1.53. The zero-order valence-corrected chi connectivity index (χ0v) is 11.9. The third-order valence-corrected chi connectivity index (χ3v) is 3.15. The summed E-state index contributed by atoms with van der Waals surface area (Å²) in [5, 5.41) is 0.394. The largest absolute Gasteiger partial charge is 0.429 e. The Morgan fingerprint density at radius 3 is 2.68 bits per heavy atom. The minimum absolute atomic E-state index is 0.0763. The van der Waals surface area contributed by atoms with E-state index in [1.807, 2.05) is 20.8 Å². The van der Waals surface area contributed by atoms with Gasteiger partial charge < -0.3 is 10.5 Å². The van der Waals surface area contributed by atoms with Crippen molar-refractivity contribution >= 4 is 11.5 Å². The highest BCUT2D eigenvalue weighted by Crippen LogP contribution is 2.30. The molecule has 0 radical (unpaired) electrons. The van der Waals surface area contributed by atoms with Crippen LogP contribution >= 0.6 is 11.5 Å². The Morgan fingerprint density at radius 1 is 1.37 bits per heavy atom. The van der Waals surface area contributed by atoms with Gasteiger partial charge in [0.1, 0.15) is 11.6 Å². The fourth-order valence-corrected chi connectivity index (χ4v) is 2.22. The van der Waals surface area contributed by atoms with E-state index in [1.54, 1.807) is 12.1 Å². The normalized spacial score (nSPS) is 11.6. The zero-order chi connectivity index (χ0) is 14.0. The van der Waals surface area contributed by atoms with E-state index < -0.39 is 0 Å². The van der Waals surface area contributed by atoms with Crippen molar-refractivity contribution < 1.29 is 9.13 Å². The van der Waals surface area contributed by atoms with Crippen LogP contribution in [-0.2, 0) is 12.0 Å². The lowest BCUT2D eigenvalue weighted by molar-refractivity contribution is 0.456. The van der Waals surface area contributed by atoms with Gasteiger partial charge in [-0.05, 0) is 12.1 Å². The molecule has 0 fully saturated rings. The molecule has 1 aromatic heterocycles. The molecule has 0 spiro atoms. The molecule has 2 rings (SSSR count). The predicted octanol–water partition coefficient (Wildman–Crippen LogP) is 3.23. The summed E-state index contributed by atoms with van der Waals surface area (Å²) in [5.74, 6) is 0.720. The molecule has 0 atom stereocenters. The number of hydrogen-bond donors (Lipinski definition) is 1. The minimum atomic E-state index is -0.374. The second kappa shape index (κ2) is 5.22. The highest BCUT2D eigenvalue weighted by Gasteiger charge is 2.20. The van der Waals surface area contributed by atoms with Gasteiger partial charge in [0, 0.05) is 29.1 Å². The summed E-state index contributed by atoms with van der Waals surface area (Å²) in [6.45, 7) is 6.14. The molecule has 102 valence electrons. The van der Waals surface area contributed by atoms with Gasteiger partial charge >= 0.3 is 0 Å². The van der Waals surface area contributed by atoms with Crippen LogP contribution in [0, 0.1) is 5.82 Å². The van der Waals surface area contributed by atoms with Crippen molar-refractivity contribution in [2.24, 2.45) is 5.73 Å². The monoisotopic (exact) mass is 281 g/mol. The summed E-state index contributed by atoms with van der Waals surface area (Å²) in [6.07, 6.45) is 0. The van der Waals surface area contributed by atoms with Gasteiger partial charge in [-0.1, -0.05) is 26.8 Å². The van der Waals surface area contributed by atoms with Gasteiger partial charge in [0.15, 0.2) is 5.82 Å². The number of nitrogens with zero attached hydrogens (tertiary/aromatic N) is 2. The molecule has 0 saturated heterocycles. The first-order valence-electron chi connectivity index (χ1n) is 5.91. The number of aromatic nitrogens is 2. The average molecular weight is 281 g/mol. The quantitative estimate of drug-likeness (QED) is 0.938. The van der Waals surface area contributed by atoms with Crippen molar-refractivity contribution in [2.45, 2.75) is 32.7 Å². The second-order valence-electron chi connectivity index (χ2n) is 5.16. The van der Waals surface area contributed by atoms with E-state index >= 15 is 0 Å². The number of benzene rings is 1. The van der Waals surface area contributed by atoms with E-state index in [0.717, 1.165) is 11.5 Å². The van der Waals surface area contributed by atoms with Crippen molar-refractivity contribution in [3.8, 4) is 10.9 Å². The highest BCUT2D eigenvalue weighted by atomic mass is 32.1. The molecule has 0 aliphatic heterocycles. The molecule has 0 aliphatic rings. The van der Waals surface area contributed by atoms with Crippen molar-refractivity contribution in [2.75, 3.05) is 0 Å². The van der Waals surface area contributed by atoms with E-state index in [9.17, 15) is 4.39 Å². The summed E-state index contributed by atoms with van der Waals surface area (Å²) in [7, 11) is 0. The first-order valence-corrected chi connectivity index (χ1v) is 6.68. The van der Waals surface area contributed by atoms with Crippen LogP contribution < -0.4 is 10.5 Å². The molecular formula is C13H16FN3OS. The maximum atomic E-state index is 13.6. The summed E-state index contributed by atoms with van der Waals surface area (Å²) in [4.78, 5) is 4.30. The van der Waals surface area contributed by atoms with Gasteiger partial charge in [0.05, 0.1) is 0 Å². The molecule has 1 heterocycles. The smallest absolute Gasteiger partial charge is 0.298 e. The van der Waals surface area contributed by atoms with Gasteiger partial charge in [-0.15, -0.1) is 0 Å². The minimum Gasteiger partial charge on any atom is -0.429 e. The lowest BCUT2D eigenvalue weighted by Gasteiger charge is -2.12. The first-order chi connectivity index (χ1) is 8.91. The molecule has 0 aliphatic carbocycles. The van der Waals surface area contributed by atoms with Crippen molar-refractivity contribution in [3.05, 3.63) is 35.4 Å². The zero-order valence-electron chi connectivity index (χ0n) is 11.1. The van der Waals surface area contributed by atoms with Gasteiger partial charge in [-0.25, -0.2) is 4.39 Å². The van der Waals surface area contributed by atoms with Gasteiger partial charge in [0.2, 0.25) is 0 Å². The molecule has 2 aromatic rings. The van der Waals surface area contributed by atoms with Crippen LogP contribution in [0.5, 0.6) is 10.9 Å². The van der Waals surface area contributed by atoms with Crippen molar-refractivity contribution in [1.29, 1.82) is 0 Å². The maximum absolute atomic E-state index is 13.6. The number of ether oxygens (including phenoxy) is 1. The van der Waals surface area contributed by atoms with Gasteiger partial charge in [-0.2, -0.15) is 9.36 Å². The lowest BCUT2D eigenvalue weighted by Crippen LogP contribution is -2.13. The van der Waals surface area contributed by atoms with Crippen LogP contribution in [0.15, 0.2) is 18.2 Å². The lowest BCUT2D eigenvalue weighted by atomic mass is 9.96. The second-order valence-corrected chi connectivity index (χ2v) is 5.87. The predicted molar refractivity (Wildman–Crippen MR) is 73.0 cm³/mol. The molecule has 0 bridgehead atoms. The Balaban J connectivity index is 2.27. The number of nitrogens with two attached hydrogens (primary N) is 1. The van der Waals surface area contributed by atoms with Crippen LogP contribution in [0.1, 0.15) is 32.2 Å². The molecule has 0 saturated carbocycles. The highest BCUT2D eigenvalue weighted by molar-refractivity contribution is 7.07. The van der Waals surface area contributed by atoms with Crippen LogP contribution in [0.3, 0.4) is 0 Å².